The van der Waals surface area contributed by atoms with Gasteiger partial charge in [-0.15, -0.1) is 0 Å². The molecule has 0 unspecified atom stereocenters. The summed E-state index contributed by atoms with van der Waals surface area (Å²) in [6.07, 6.45) is 1.02. The molecule has 0 bridgehead atoms. The van der Waals surface area contributed by atoms with Crippen molar-refractivity contribution in [3.63, 3.8) is 0 Å². The van der Waals surface area contributed by atoms with Crippen LogP contribution in [0.5, 0.6) is 5.75 Å². The van der Waals surface area contributed by atoms with E-state index in [-0.39, 0.29) is 17.6 Å². The number of hydrogen-bond acceptors (Lipinski definition) is 3. The van der Waals surface area contributed by atoms with E-state index in [0.717, 1.165) is 11.8 Å². The molecule has 104 valence electrons. The summed E-state index contributed by atoms with van der Waals surface area (Å²) in [6, 6.07) is 8.44. The minimum Gasteiger partial charge on any atom is -0.508 e. The third-order valence-corrected chi connectivity index (χ3v) is 2.69. The van der Waals surface area contributed by atoms with E-state index in [1.807, 2.05) is 0 Å². The Morgan fingerprint density at radius 3 is 2.80 bits per heavy atom. The van der Waals surface area contributed by atoms with E-state index in [9.17, 15) is 14.3 Å². The van der Waals surface area contributed by atoms with Crippen LogP contribution >= 0.6 is 0 Å². The number of aromatic nitrogens is 1. The summed E-state index contributed by atoms with van der Waals surface area (Å²) >= 11 is 0. The zero-order valence-corrected chi connectivity index (χ0v) is 10.8. The van der Waals surface area contributed by atoms with Crippen LogP contribution in [0.15, 0.2) is 42.6 Å². The Morgan fingerprint density at radius 2 is 2.15 bits per heavy atom. The van der Waals surface area contributed by atoms with Gasteiger partial charge in [0.2, 0.25) is 0 Å². The molecule has 0 radical (unpaired) electrons. The van der Waals surface area contributed by atoms with Gasteiger partial charge in [-0.3, -0.25) is 5.32 Å². The topological polar surface area (TPSA) is 74.2 Å². The SMILES string of the molecule is C[C@H](NC(=O)Nc1ccc(F)cn1)c1cccc(O)c1. The lowest BCUT2D eigenvalue weighted by Crippen LogP contribution is -2.31. The number of amides is 2. The molecule has 0 saturated heterocycles. The van der Waals surface area contributed by atoms with E-state index in [1.165, 1.54) is 12.1 Å². The molecule has 0 saturated carbocycles. The smallest absolute Gasteiger partial charge is 0.320 e. The van der Waals surface area contributed by atoms with Crippen molar-refractivity contribution in [3.05, 3.63) is 54.0 Å². The molecule has 1 aromatic heterocycles. The summed E-state index contributed by atoms with van der Waals surface area (Å²) in [7, 11) is 0. The first-order valence-corrected chi connectivity index (χ1v) is 6.02. The van der Waals surface area contributed by atoms with Crippen LogP contribution in [0.3, 0.4) is 0 Å². The summed E-state index contributed by atoms with van der Waals surface area (Å²) in [5.41, 5.74) is 0.771. The van der Waals surface area contributed by atoms with E-state index in [1.54, 1.807) is 31.2 Å². The van der Waals surface area contributed by atoms with Crippen LogP contribution in [0, 0.1) is 5.82 Å². The van der Waals surface area contributed by atoms with Crippen LogP contribution in [0.25, 0.3) is 0 Å². The molecule has 0 aliphatic heterocycles. The van der Waals surface area contributed by atoms with Crippen LogP contribution in [0.2, 0.25) is 0 Å². The molecule has 0 aliphatic carbocycles. The highest BCUT2D eigenvalue weighted by molar-refractivity contribution is 5.88. The van der Waals surface area contributed by atoms with Crippen LogP contribution in [0.4, 0.5) is 15.0 Å². The highest BCUT2D eigenvalue weighted by Crippen LogP contribution is 2.17. The van der Waals surface area contributed by atoms with Crippen molar-refractivity contribution >= 4 is 11.8 Å². The van der Waals surface area contributed by atoms with Crippen LogP contribution in [-0.4, -0.2) is 16.1 Å². The molecule has 20 heavy (non-hydrogen) atoms. The molecule has 2 amide bonds. The van der Waals surface area contributed by atoms with Gasteiger partial charge in [0.1, 0.15) is 17.4 Å². The van der Waals surface area contributed by atoms with E-state index in [4.69, 9.17) is 0 Å². The van der Waals surface area contributed by atoms with Gasteiger partial charge in [0.05, 0.1) is 12.2 Å². The number of anilines is 1. The molecule has 1 heterocycles. The molecule has 2 rings (SSSR count). The molecule has 0 spiro atoms. The van der Waals surface area contributed by atoms with Crippen molar-refractivity contribution in [2.45, 2.75) is 13.0 Å². The molecular weight excluding hydrogens is 261 g/mol. The summed E-state index contributed by atoms with van der Waals surface area (Å²) in [4.78, 5) is 15.5. The Balaban J connectivity index is 1.95. The van der Waals surface area contributed by atoms with E-state index < -0.39 is 11.8 Å². The third kappa shape index (κ3) is 3.68. The minimum atomic E-state index is -0.468. The lowest BCUT2D eigenvalue weighted by atomic mass is 10.1. The van der Waals surface area contributed by atoms with Crippen molar-refractivity contribution in [1.82, 2.24) is 10.3 Å². The third-order valence-electron chi connectivity index (χ3n) is 2.69. The molecule has 1 atom stereocenters. The highest BCUT2D eigenvalue weighted by Gasteiger charge is 2.10. The van der Waals surface area contributed by atoms with Gasteiger partial charge in [0.15, 0.2) is 0 Å². The Labute approximate surface area is 115 Å². The number of aromatic hydroxyl groups is 1. The quantitative estimate of drug-likeness (QED) is 0.806. The number of carbonyl (C=O) groups is 1. The van der Waals surface area contributed by atoms with Crippen LogP contribution in [-0.2, 0) is 0 Å². The van der Waals surface area contributed by atoms with Crippen molar-refractivity contribution < 1.29 is 14.3 Å². The van der Waals surface area contributed by atoms with Gasteiger partial charge in [0, 0.05) is 0 Å². The second kappa shape index (κ2) is 6.01. The van der Waals surface area contributed by atoms with Crippen molar-refractivity contribution in [3.8, 4) is 5.75 Å². The first-order valence-electron chi connectivity index (χ1n) is 6.02. The predicted molar refractivity (Wildman–Crippen MR) is 72.9 cm³/mol. The Morgan fingerprint density at radius 1 is 1.35 bits per heavy atom. The lowest BCUT2D eigenvalue weighted by Gasteiger charge is -2.15. The average Bonchev–Trinajstić information content (AvgIpc) is 2.41. The maximum atomic E-state index is 12.7. The number of halogens is 1. The number of phenols is 1. The molecule has 0 fully saturated rings. The number of pyridine rings is 1. The summed E-state index contributed by atoms with van der Waals surface area (Å²) < 4.78 is 12.7. The number of benzene rings is 1. The normalized spacial score (nSPS) is 11.7. The molecule has 1 aromatic carbocycles. The summed E-state index contributed by atoms with van der Waals surface area (Å²) in [5, 5.41) is 14.6. The van der Waals surface area contributed by atoms with Gasteiger partial charge in [-0.2, -0.15) is 0 Å². The molecule has 3 N–H and O–H groups in total. The van der Waals surface area contributed by atoms with Gasteiger partial charge in [-0.05, 0) is 36.8 Å². The van der Waals surface area contributed by atoms with Gasteiger partial charge in [-0.25, -0.2) is 14.2 Å². The fraction of sp³-hybridized carbons (Fsp3) is 0.143. The maximum absolute atomic E-state index is 12.7. The highest BCUT2D eigenvalue weighted by atomic mass is 19.1. The summed E-state index contributed by atoms with van der Waals surface area (Å²) in [6.45, 7) is 1.78. The van der Waals surface area contributed by atoms with E-state index >= 15 is 0 Å². The fourth-order valence-electron chi connectivity index (χ4n) is 1.68. The van der Waals surface area contributed by atoms with Crippen molar-refractivity contribution in [1.29, 1.82) is 0 Å². The largest absolute Gasteiger partial charge is 0.508 e. The monoisotopic (exact) mass is 275 g/mol. The molecule has 0 aliphatic rings. The molecule has 2 aromatic rings. The van der Waals surface area contributed by atoms with E-state index in [2.05, 4.69) is 15.6 Å². The average molecular weight is 275 g/mol. The van der Waals surface area contributed by atoms with Gasteiger partial charge in [-0.1, -0.05) is 12.1 Å². The Kier molecular flexibility index (Phi) is 4.14. The van der Waals surface area contributed by atoms with E-state index in [0.29, 0.717) is 0 Å². The number of phenolic OH excluding ortho intramolecular Hbond substituents is 1. The second-order valence-electron chi connectivity index (χ2n) is 4.28. The molecule has 6 heteroatoms. The Hall–Kier alpha value is -2.63. The first-order chi connectivity index (χ1) is 9.54. The van der Waals surface area contributed by atoms with Crippen LogP contribution in [0.1, 0.15) is 18.5 Å². The van der Waals surface area contributed by atoms with Crippen LogP contribution < -0.4 is 10.6 Å². The van der Waals surface area contributed by atoms with Gasteiger partial charge >= 0.3 is 6.03 Å². The first kappa shape index (κ1) is 13.8. The zero-order chi connectivity index (χ0) is 14.5. The number of nitrogens with zero attached hydrogens (tertiary/aromatic N) is 1. The summed E-state index contributed by atoms with van der Waals surface area (Å²) in [5.74, 6) is -0.0761. The minimum absolute atomic E-state index is 0.136. The molecular formula is C14H14FN3O2. The van der Waals surface area contributed by atoms with Gasteiger partial charge in [0.25, 0.3) is 0 Å². The second-order valence-corrected chi connectivity index (χ2v) is 4.28. The fourth-order valence-corrected chi connectivity index (χ4v) is 1.68. The number of rotatable bonds is 3. The standard InChI is InChI=1S/C14H14FN3O2/c1-9(10-3-2-4-12(19)7-10)17-14(20)18-13-6-5-11(15)8-16-13/h2-9,19H,1H3,(H2,16,17,18,20)/t9-/m0/s1. The molecule has 5 nitrogen and oxygen atoms in total. The predicted octanol–water partition coefficient (Wildman–Crippen LogP) is 2.81. The van der Waals surface area contributed by atoms with Gasteiger partial charge < -0.3 is 10.4 Å². The maximum Gasteiger partial charge on any atom is 0.320 e. The van der Waals surface area contributed by atoms with Crippen molar-refractivity contribution in [2.24, 2.45) is 0 Å². The number of nitrogens with one attached hydrogen (secondary N) is 2. The van der Waals surface area contributed by atoms with Crippen molar-refractivity contribution in [2.75, 3.05) is 5.32 Å². The number of carbonyl (C=O) groups excluding carboxylic acids is 1. The number of urea groups is 1. The lowest BCUT2D eigenvalue weighted by molar-refractivity contribution is 0.249. The Bertz CT molecular complexity index is 602. The zero-order valence-electron chi connectivity index (χ0n) is 10.8. The number of hydrogen-bond donors (Lipinski definition) is 3.